The van der Waals surface area contributed by atoms with E-state index in [1.54, 1.807) is 0 Å². The standard InChI is InChI=1S/C16H20N2O2/c1-3-18-10-13(7-16(19)20-4-2)14-5-11-8-17-9-12(11)6-15(14)18/h5-6,10,17H,3-4,7-9H2,1-2H3. The molecular formula is C16H20N2O2. The minimum atomic E-state index is -0.152. The molecule has 0 radical (unpaired) electrons. The number of aromatic nitrogens is 1. The van der Waals surface area contributed by atoms with Gasteiger partial charge in [-0.3, -0.25) is 4.79 Å². The number of benzene rings is 1. The molecule has 2 heterocycles. The summed E-state index contributed by atoms with van der Waals surface area (Å²) in [6.45, 7) is 7.16. The first-order valence-corrected chi connectivity index (χ1v) is 7.22. The molecule has 2 aromatic rings. The second-order valence-electron chi connectivity index (χ2n) is 5.16. The van der Waals surface area contributed by atoms with E-state index in [2.05, 4.69) is 35.1 Å². The predicted octanol–water partition coefficient (Wildman–Crippen LogP) is 2.37. The summed E-state index contributed by atoms with van der Waals surface area (Å²) in [4.78, 5) is 11.7. The number of nitrogens with one attached hydrogen (secondary N) is 1. The lowest BCUT2D eigenvalue weighted by atomic mass is 10.0. The Morgan fingerprint density at radius 2 is 2.05 bits per heavy atom. The van der Waals surface area contributed by atoms with E-state index in [0.29, 0.717) is 13.0 Å². The Hall–Kier alpha value is -1.81. The quantitative estimate of drug-likeness (QED) is 0.869. The Bertz CT molecular complexity index is 658. The van der Waals surface area contributed by atoms with E-state index in [4.69, 9.17) is 4.74 Å². The van der Waals surface area contributed by atoms with Crippen LogP contribution >= 0.6 is 0 Å². The first-order chi connectivity index (χ1) is 9.72. The first kappa shape index (κ1) is 13.2. The number of ether oxygens (including phenoxy) is 1. The molecule has 1 aromatic heterocycles. The van der Waals surface area contributed by atoms with Crippen LogP contribution in [-0.2, 0) is 35.6 Å². The van der Waals surface area contributed by atoms with Crippen LogP contribution in [0.3, 0.4) is 0 Å². The van der Waals surface area contributed by atoms with Crippen molar-refractivity contribution in [3.63, 3.8) is 0 Å². The zero-order valence-electron chi connectivity index (χ0n) is 12.0. The van der Waals surface area contributed by atoms with E-state index in [9.17, 15) is 4.79 Å². The Balaban J connectivity index is 2.05. The fourth-order valence-electron chi connectivity index (χ4n) is 2.93. The number of hydrogen-bond acceptors (Lipinski definition) is 3. The molecule has 0 saturated carbocycles. The van der Waals surface area contributed by atoms with Crippen molar-refractivity contribution in [3.8, 4) is 0 Å². The molecule has 20 heavy (non-hydrogen) atoms. The maximum Gasteiger partial charge on any atom is 0.310 e. The number of rotatable bonds is 4. The molecule has 1 aromatic carbocycles. The van der Waals surface area contributed by atoms with Crippen LogP contribution in [0.1, 0.15) is 30.5 Å². The van der Waals surface area contributed by atoms with E-state index >= 15 is 0 Å². The molecule has 4 nitrogen and oxygen atoms in total. The van der Waals surface area contributed by atoms with Gasteiger partial charge in [0.1, 0.15) is 0 Å². The molecular weight excluding hydrogens is 252 g/mol. The Labute approximate surface area is 118 Å². The monoisotopic (exact) mass is 272 g/mol. The third-order valence-electron chi connectivity index (χ3n) is 3.90. The van der Waals surface area contributed by atoms with Crippen molar-refractivity contribution in [2.75, 3.05) is 6.61 Å². The molecule has 0 bridgehead atoms. The van der Waals surface area contributed by atoms with Gasteiger partial charge in [0, 0.05) is 36.7 Å². The average molecular weight is 272 g/mol. The minimum absolute atomic E-state index is 0.152. The normalized spacial score (nSPS) is 13.7. The van der Waals surface area contributed by atoms with Crippen molar-refractivity contribution in [2.45, 2.75) is 39.9 Å². The maximum absolute atomic E-state index is 11.7. The zero-order valence-corrected chi connectivity index (χ0v) is 12.0. The van der Waals surface area contributed by atoms with Crippen LogP contribution in [0, 0.1) is 0 Å². The number of esters is 1. The van der Waals surface area contributed by atoms with Crippen molar-refractivity contribution in [3.05, 3.63) is 35.0 Å². The van der Waals surface area contributed by atoms with Gasteiger partial charge < -0.3 is 14.6 Å². The van der Waals surface area contributed by atoms with Gasteiger partial charge in [0.15, 0.2) is 0 Å². The molecule has 106 valence electrons. The third-order valence-corrected chi connectivity index (χ3v) is 3.90. The van der Waals surface area contributed by atoms with Crippen molar-refractivity contribution in [1.82, 2.24) is 9.88 Å². The van der Waals surface area contributed by atoms with Gasteiger partial charge in [-0.05, 0) is 42.7 Å². The summed E-state index contributed by atoms with van der Waals surface area (Å²) in [5.41, 5.74) is 4.99. The molecule has 0 saturated heterocycles. The molecule has 0 unspecified atom stereocenters. The van der Waals surface area contributed by atoms with Gasteiger partial charge >= 0.3 is 5.97 Å². The lowest BCUT2D eigenvalue weighted by molar-refractivity contribution is -0.142. The highest BCUT2D eigenvalue weighted by Gasteiger charge is 2.17. The summed E-state index contributed by atoms with van der Waals surface area (Å²) in [7, 11) is 0. The van der Waals surface area contributed by atoms with Gasteiger partial charge in [0.2, 0.25) is 0 Å². The topological polar surface area (TPSA) is 43.3 Å². The average Bonchev–Trinajstić information content (AvgIpc) is 3.01. The number of carbonyl (C=O) groups excluding carboxylic acids is 1. The van der Waals surface area contributed by atoms with Crippen LogP contribution in [-0.4, -0.2) is 17.1 Å². The summed E-state index contributed by atoms with van der Waals surface area (Å²) in [6, 6.07) is 4.48. The minimum Gasteiger partial charge on any atom is -0.466 e. The van der Waals surface area contributed by atoms with Crippen molar-refractivity contribution in [2.24, 2.45) is 0 Å². The number of carbonyl (C=O) groups is 1. The van der Waals surface area contributed by atoms with Gasteiger partial charge in [-0.15, -0.1) is 0 Å². The fourth-order valence-corrected chi connectivity index (χ4v) is 2.93. The summed E-state index contributed by atoms with van der Waals surface area (Å²) in [6.07, 6.45) is 2.44. The summed E-state index contributed by atoms with van der Waals surface area (Å²) < 4.78 is 7.28. The number of hydrogen-bond donors (Lipinski definition) is 1. The molecule has 0 aliphatic carbocycles. The van der Waals surface area contributed by atoms with Crippen LogP contribution in [0.4, 0.5) is 0 Å². The van der Waals surface area contributed by atoms with E-state index in [0.717, 1.165) is 25.2 Å². The van der Waals surface area contributed by atoms with Gasteiger partial charge in [-0.2, -0.15) is 0 Å². The molecule has 4 heteroatoms. The van der Waals surface area contributed by atoms with E-state index in [-0.39, 0.29) is 5.97 Å². The van der Waals surface area contributed by atoms with Crippen LogP contribution in [0.25, 0.3) is 10.9 Å². The molecule has 1 aliphatic heterocycles. The summed E-state index contributed by atoms with van der Waals surface area (Å²) in [5.74, 6) is -0.152. The molecule has 0 spiro atoms. The van der Waals surface area contributed by atoms with E-state index in [1.165, 1.54) is 22.0 Å². The molecule has 0 fully saturated rings. The second kappa shape index (κ2) is 5.29. The lowest BCUT2D eigenvalue weighted by Crippen LogP contribution is -2.07. The molecule has 1 aliphatic rings. The third kappa shape index (κ3) is 2.20. The predicted molar refractivity (Wildman–Crippen MR) is 78.5 cm³/mol. The Kier molecular flexibility index (Phi) is 3.49. The smallest absolute Gasteiger partial charge is 0.310 e. The maximum atomic E-state index is 11.7. The Morgan fingerprint density at radius 1 is 1.30 bits per heavy atom. The highest BCUT2D eigenvalue weighted by molar-refractivity contribution is 5.89. The van der Waals surface area contributed by atoms with Gasteiger partial charge in [-0.25, -0.2) is 0 Å². The van der Waals surface area contributed by atoms with Crippen LogP contribution in [0.15, 0.2) is 18.3 Å². The second-order valence-corrected chi connectivity index (χ2v) is 5.16. The van der Waals surface area contributed by atoms with E-state index in [1.807, 2.05) is 6.92 Å². The van der Waals surface area contributed by atoms with Crippen LogP contribution in [0.5, 0.6) is 0 Å². The van der Waals surface area contributed by atoms with Crippen LogP contribution < -0.4 is 5.32 Å². The SMILES string of the molecule is CCOC(=O)Cc1cn(CC)c2cc3c(cc12)CNC3. The van der Waals surface area contributed by atoms with Crippen LogP contribution in [0.2, 0.25) is 0 Å². The highest BCUT2D eigenvalue weighted by Crippen LogP contribution is 2.28. The lowest BCUT2D eigenvalue weighted by Gasteiger charge is -2.04. The van der Waals surface area contributed by atoms with Crippen molar-refractivity contribution in [1.29, 1.82) is 0 Å². The van der Waals surface area contributed by atoms with Gasteiger partial charge in [-0.1, -0.05) is 0 Å². The summed E-state index contributed by atoms with van der Waals surface area (Å²) >= 11 is 0. The highest BCUT2D eigenvalue weighted by atomic mass is 16.5. The molecule has 1 N–H and O–H groups in total. The van der Waals surface area contributed by atoms with Crippen molar-refractivity contribution >= 4 is 16.9 Å². The number of fused-ring (bicyclic) bond motifs is 2. The molecule has 3 rings (SSSR count). The van der Waals surface area contributed by atoms with Crippen molar-refractivity contribution < 1.29 is 9.53 Å². The van der Waals surface area contributed by atoms with Gasteiger partial charge in [0.05, 0.1) is 13.0 Å². The first-order valence-electron chi connectivity index (χ1n) is 7.22. The molecule has 0 atom stereocenters. The van der Waals surface area contributed by atoms with Gasteiger partial charge in [0.25, 0.3) is 0 Å². The van der Waals surface area contributed by atoms with E-state index < -0.39 is 0 Å². The number of aryl methyl sites for hydroxylation is 1. The number of nitrogens with zero attached hydrogens (tertiary/aromatic N) is 1. The summed E-state index contributed by atoms with van der Waals surface area (Å²) in [5, 5.41) is 4.55. The molecule has 0 amide bonds. The Morgan fingerprint density at radius 3 is 2.75 bits per heavy atom. The zero-order chi connectivity index (χ0) is 14.1. The fraction of sp³-hybridized carbons (Fsp3) is 0.438. The largest absolute Gasteiger partial charge is 0.466 e.